The van der Waals surface area contributed by atoms with Gasteiger partial charge in [-0.2, -0.15) is 5.10 Å². The Bertz CT molecular complexity index is 1060. The van der Waals surface area contributed by atoms with Gasteiger partial charge in [-0.1, -0.05) is 53.5 Å². The standard InChI is InChI=1S/C23H25Cl2N5S/c1-17-4-2-3-5-18(17)16-30-9-8-22(27-30)26-23(31)29-12-10-28(11-13-29)15-19-6-7-20(24)14-21(19)25/h2-9,14H,10-13,15-16H2,1H3,(H,26,27,31). The highest BCUT2D eigenvalue weighted by Gasteiger charge is 2.20. The number of hydrogen-bond acceptors (Lipinski definition) is 3. The minimum atomic E-state index is 0.663. The molecule has 0 atom stereocenters. The van der Waals surface area contributed by atoms with Crippen molar-refractivity contribution in [3.63, 3.8) is 0 Å². The van der Waals surface area contributed by atoms with E-state index in [1.807, 2.05) is 29.1 Å². The van der Waals surface area contributed by atoms with Gasteiger partial charge < -0.3 is 10.2 Å². The second-order valence-corrected chi connectivity index (χ2v) is 8.98. The van der Waals surface area contributed by atoms with Gasteiger partial charge in [0.15, 0.2) is 10.9 Å². The second-order valence-electron chi connectivity index (χ2n) is 7.75. The van der Waals surface area contributed by atoms with E-state index < -0.39 is 0 Å². The van der Waals surface area contributed by atoms with Gasteiger partial charge in [-0.05, 0) is 48.0 Å². The van der Waals surface area contributed by atoms with Gasteiger partial charge in [0.1, 0.15) is 0 Å². The lowest BCUT2D eigenvalue weighted by molar-refractivity contribution is 0.177. The molecule has 2 aromatic carbocycles. The van der Waals surface area contributed by atoms with Gasteiger partial charge in [-0.25, -0.2) is 0 Å². The zero-order chi connectivity index (χ0) is 21.8. The van der Waals surface area contributed by atoms with Crippen molar-refractivity contribution < 1.29 is 0 Å². The summed E-state index contributed by atoms with van der Waals surface area (Å²) in [6.45, 7) is 7.24. The van der Waals surface area contributed by atoms with Crippen LogP contribution in [0.25, 0.3) is 0 Å². The first-order valence-corrected chi connectivity index (χ1v) is 11.4. The molecule has 0 unspecified atom stereocenters. The summed E-state index contributed by atoms with van der Waals surface area (Å²) in [6, 6.07) is 16.0. The zero-order valence-corrected chi connectivity index (χ0v) is 19.7. The third-order valence-electron chi connectivity index (χ3n) is 5.54. The number of aryl methyl sites for hydroxylation is 1. The Labute approximate surface area is 198 Å². The maximum absolute atomic E-state index is 6.32. The van der Waals surface area contributed by atoms with E-state index in [-0.39, 0.29) is 0 Å². The average molecular weight is 474 g/mol. The molecule has 5 nitrogen and oxygen atoms in total. The van der Waals surface area contributed by atoms with Crippen LogP contribution in [0.2, 0.25) is 10.0 Å². The number of benzene rings is 2. The fourth-order valence-corrected chi connectivity index (χ4v) is 4.42. The third-order valence-corrected chi connectivity index (χ3v) is 6.49. The van der Waals surface area contributed by atoms with Crippen molar-refractivity contribution in [1.29, 1.82) is 0 Å². The second kappa shape index (κ2) is 10.0. The summed E-state index contributed by atoms with van der Waals surface area (Å²) in [6.07, 6.45) is 1.98. The monoisotopic (exact) mass is 473 g/mol. The first-order valence-electron chi connectivity index (χ1n) is 10.3. The average Bonchev–Trinajstić information content (AvgIpc) is 3.19. The SMILES string of the molecule is Cc1ccccc1Cn1ccc(NC(=S)N2CCN(Cc3ccc(Cl)cc3Cl)CC2)n1. The summed E-state index contributed by atoms with van der Waals surface area (Å²) in [5, 5.41) is 10.0. The normalized spacial score (nSPS) is 14.6. The fraction of sp³-hybridized carbons (Fsp3) is 0.304. The Morgan fingerprint density at radius 2 is 1.77 bits per heavy atom. The van der Waals surface area contributed by atoms with Crippen LogP contribution in [0.1, 0.15) is 16.7 Å². The minimum absolute atomic E-state index is 0.663. The molecule has 0 saturated carbocycles. The predicted molar refractivity (Wildman–Crippen MR) is 132 cm³/mol. The van der Waals surface area contributed by atoms with E-state index in [0.717, 1.165) is 50.6 Å². The molecule has 31 heavy (non-hydrogen) atoms. The molecule has 1 aliphatic rings. The Balaban J connectivity index is 1.27. The number of hydrogen-bond donors (Lipinski definition) is 1. The quantitative estimate of drug-likeness (QED) is 0.523. The molecule has 0 amide bonds. The van der Waals surface area contributed by atoms with Crippen LogP contribution in [-0.4, -0.2) is 50.9 Å². The molecule has 8 heteroatoms. The molecule has 1 aromatic heterocycles. The molecule has 0 aliphatic carbocycles. The number of halogens is 2. The molecule has 162 valence electrons. The Kier molecular flexibility index (Phi) is 7.13. The molecule has 0 spiro atoms. The van der Waals surface area contributed by atoms with Crippen LogP contribution >= 0.6 is 35.4 Å². The molecule has 1 saturated heterocycles. The molecule has 4 rings (SSSR count). The van der Waals surface area contributed by atoms with E-state index in [9.17, 15) is 0 Å². The molecule has 2 heterocycles. The highest BCUT2D eigenvalue weighted by atomic mass is 35.5. The first kappa shape index (κ1) is 22.1. The third kappa shape index (κ3) is 5.77. The molecule has 3 aromatic rings. The zero-order valence-electron chi connectivity index (χ0n) is 17.4. The van der Waals surface area contributed by atoms with Crippen LogP contribution in [-0.2, 0) is 13.1 Å². The van der Waals surface area contributed by atoms with Crippen molar-refractivity contribution in [2.75, 3.05) is 31.5 Å². The Morgan fingerprint density at radius 1 is 1.00 bits per heavy atom. The molecule has 1 fully saturated rings. The predicted octanol–water partition coefficient (Wildman–Crippen LogP) is 5.06. The van der Waals surface area contributed by atoms with Gasteiger partial charge in [0.05, 0.1) is 6.54 Å². The van der Waals surface area contributed by atoms with Gasteiger partial charge in [-0.15, -0.1) is 0 Å². The summed E-state index contributed by atoms with van der Waals surface area (Å²) >= 11 is 17.9. The van der Waals surface area contributed by atoms with Crippen molar-refractivity contribution >= 4 is 46.4 Å². The van der Waals surface area contributed by atoms with Crippen LogP contribution < -0.4 is 5.32 Å². The number of rotatable bonds is 5. The summed E-state index contributed by atoms with van der Waals surface area (Å²) < 4.78 is 1.93. The van der Waals surface area contributed by atoms with Crippen LogP contribution in [0.15, 0.2) is 54.7 Å². The lowest BCUT2D eigenvalue weighted by Crippen LogP contribution is -2.49. The van der Waals surface area contributed by atoms with Crippen molar-refractivity contribution in [3.05, 3.63) is 81.5 Å². The first-order chi connectivity index (χ1) is 15.0. The molecular formula is C23H25Cl2N5S. The number of piperazine rings is 1. The van der Waals surface area contributed by atoms with Crippen LogP contribution in [0.5, 0.6) is 0 Å². The number of thiocarbonyl (C=S) groups is 1. The van der Waals surface area contributed by atoms with E-state index in [4.69, 9.17) is 35.4 Å². The van der Waals surface area contributed by atoms with E-state index in [0.29, 0.717) is 15.2 Å². The number of anilines is 1. The number of nitrogens with one attached hydrogen (secondary N) is 1. The Hall–Kier alpha value is -2.12. The number of nitrogens with zero attached hydrogens (tertiary/aromatic N) is 4. The topological polar surface area (TPSA) is 36.3 Å². The highest BCUT2D eigenvalue weighted by Crippen LogP contribution is 2.23. The summed E-state index contributed by atoms with van der Waals surface area (Å²) in [5.74, 6) is 0.772. The van der Waals surface area contributed by atoms with Crippen molar-refractivity contribution in [1.82, 2.24) is 19.6 Å². The lowest BCUT2D eigenvalue weighted by Gasteiger charge is -2.36. The van der Waals surface area contributed by atoms with Crippen LogP contribution in [0, 0.1) is 6.92 Å². The van der Waals surface area contributed by atoms with Crippen molar-refractivity contribution in [3.8, 4) is 0 Å². The molecule has 1 N–H and O–H groups in total. The maximum Gasteiger partial charge on any atom is 0.174 e. The Morgan fingerprint density at radius 3 is 2.52 bits per heavy atom. The minimum Gasteiger partial charge on any atom is -0.346 e. The summed E-state index contributed by atoms with van der Waals surface area (Å²) in [4.78, 5) is 4.57. The lowest BCUT2D eigenvalue weighted by atomic mass is 10.1. The smallest absolute Gasteiger partial charge is 0.174 e. The number of aromatic nitrogens is 2. The molecule has 0 radical (unpaired) electrons. The van der Waals surface area contributed by atoms with Gasteiger partial charge in [0.25, 0.3) is 0 Å². The molecule has 1 aliphatic heterocycles. The van der Waals surface area contributed by atoms with Gasteiger partial charge in [0, 0.05) is 55.0 Å². The summed E-state index contributed by atoms with van der Waals surface area (Å²) in [7, 11) is 0. The highest BCUT2D eigenvalue weighted by molar-refractivity contribution is 7.80. The van der Waals surface area contributed by atoms with E-state index >= 15 is 0 Å². The largest absolute Gasteiger partial charge is 0.346 e. The van der Waals surface area contributed by atoms with E-state index in [1.165, 1.54) is 11.1 Å². The van der Waals surface area contributed by atoms with E-state index in [1.54, 1.807) is 6.07 Å². The van der Waals surface area contributed by atoms with Gasteiger partial charge in [0.2, 0.25) is 0 Å². The fourth-order valence-electron chi connectivity index (χ4n) is 3.67. The van der Waals surface area contributed by atoms with Crippen molar-refractivity contribution in [2.45, 2.75) is 20.0 Å². The van der Waals surface area contributed by atoms with Crippen LogP contribution in [0.3, 0.4) is 0 Å². The van der Waals surface area contributed by atoms with Crippen LogP contribution in [0.4, 0.5) is 5.82 Å². The maximum atomic E-state index is 6.32. The van der Waals surface area contributed by atoms with Crippen molar-refractivity contribution in [2.24, 2.45) is 0 Å². The molecular weight excluding hydrogens is 449 g/mol. The van der Waals surface area contributed by atoms with Gasteiger partial charge >= 0.3 is 0 Å². The van der Waals surface area contributed by atoms with E-state index in [2.05, 4.69) is 51.4 Å². The summed E-state index contributed by atoms with van der Waals surface area (Å²) in [5.41, 5.74) is 3.62. The van der Waals surface area contributed by atoms with Gasteiger partial charge in [-0.3, -0.25) is 9.58 Å². The molecule has 0 bridgehead atoms.